The van der Waals surface area contributed by atoms with Crippen molar-refractivity contribution in [2.24, 2.45) is 0 Å². The van der Waals surface area contributed by atoms with E-state index < -0.39 is 22.8 Å². The Balaban J connectivity index is 1.58. The number of nitro benzene ring substituents is 1. The normalized spacial score (nSPS) is 14.6. The predicted octanol–water partition coefficient (Wildman–Crippen LogP) is 6.33. The molecule has 0 atom stereocenters. The van der Waals surface area contributed by atoms with Crippen molar-refractivity contribution < 1.29 is 24.0 Å². The molecule has 4 amide bonds. The third-order valence-corrected chi connectivity index (χ3v) is 7.12. The molecule has 4 rings (SSSR count). The molecule has 0 unspecified atom stereocenters. The smallest absolute Gasteiger partial charge is 0.335 e. The maximum absolute atomic E-state index is 13.2. The fourth-order valence-electron chi connectivity index (χ4n) is 3.50. The maximum atomic E-state index is 13.2. The van der Waals surface area contributed by atoms with Gasteiger partial charge in [0.25, 0.3) is 17.5 Å². The summed E-state index contributed by atoms with van der Waals surface area (Å²) in [5.41, 5.74) is 1.95. The van der Waals surface area contributed by atoms with Crippen LogP contribution >= 0.6 is 43.5 Å². The maximum Gasteiger partial charge on any atom is 0.335 e. The number of halogens is 3. The highest BCUT2D eigenvalue weighted by atomic mass is 79.9. The standard InChI is InChI=1S/C25H16Br2ClN3O6/c1-13-8-17(6-7-19(13)26)30-24(33)18(23(32)29-25(30)34)9-15-10-20(27)22(21(28)11-15)37-12-14-2-4-16(5-3-14)31(35)36/h2-11H,12H2,1H3,(H,29,32,34)/b18-9+. The first-order chi connectivity index (χ1) is 17.5. The Morgan fingerprint density at radius 3 is 2.38 bits per heavy atom. The van der Waals surface area contributed by atoms with Crippen LogP contribution in [0.4, 0.5) is 16.2 Å². The van der Waals surface area contributed by atoms with Crippen LogP contribution in [-0.4, -0.2) is 22.8 Å². The number of imide groups is 2. The van der Waals surface area contributed by atoms with Gasteiger partial charge in [0.05, 0.1) is 20.1 Å². The molecule has 1 aliphatic rings. The zero-order valence-electron chi connectivity index (χ0n) is 19.0. The lowest BCUT2D eigenvalue weighted by molar-refractivity contribution is -0.384. The average molecular weight is 650 g/mol. The molecule has 0 bridgehead atoms. The van der Waals surface area contributed by atoms with Crippen LogP contribution in [0.15, 0.2) is 69.1 Å². The van der Waals surface area contributed by atoms with Gasteiger partial charge in [-0.3, -0.25) is 25.0 Å². The number of non-ortho nitro benzene ring substituents is 1. The molecule has 1 aliphatic heterocycles. The van der Waals surface area contributed by atoms with Crippen LogP contribution < -0.4 is 15.0 Å². The summed E-state index contributed by atoms with van der Waals surface area (Å²) in [7, 11) is 0. The number of carbonyl (C=O) groups is 3. The van der Waals surface area contributed by atoms with Crippen LogP contribution in [0.3, 0.4) is 0 Å². The van der Waals surface area contributed by atoms with E-state index in [0.717, 1.165) is 14.9 Å². The fourth-order valence-corrected chi connectivity index (χ4v) is 4.73. The molecule has 3 aromatic rings. The lowest BCUT2D eigenvalue weighted by Crippen LogP contribution is -2.54. The number of barbiturate groups is 1. The Labute approximate surface area is 232 Å². The summed E-state index contributed by atoms with van der Waals surface area (Å²) in [5, 5.41) is 13.2. The number of hydrogen-bond donors (Lipinski definition) is 1. The van der Waals surface area contributed by atoms with Gasteiger partial charge < -0.3 is 4.74 Å². The third kappa shape index (κ3) is 5.74. The van der Waals surface area contributed by atoms with Gasteiger partial charge in [0.2, 0.25) is 0 Å². The second-order valence-electron chi connectivity index (χ2n) is 7.92. The van der Waals surface area contributed by atoms with Crippen molar-refractivity contribution in [1.82, 2.24) is 5.32 Å². The molecule has 1 saturated heterocycles. The van der Waals surface area contributed by atoms with E-state index in [0.29, 0.717) is 27.0 Å². The van der Waals surface area contributed by atoms with Gasteiger partial charge in [0, 0.05) is 16.6 Å². The lowest BCUT2D eigenvalue weighted by Gasteiger charge is -2.26. The minimum absolute atomic E-state index is 0.0304. The zero-order chi connectivity index (χ0) is 26.9. The van der Waals surface area contributed by atoms with Crippen molar-refractivity contribution in [2.45, 2.75) is 13.5 Å². The van der Waals surface area contributed by atoms with Gasteiger partial charge in [0.1, 0.15) is 12.2 Å². The van der Waals surface area contributed by atoms with Crippen molar-refractivity contribution in [1.29, 1.82) is 0 Å². The number of carbonyl (C=O) groups excluding carboxylic acids is 3. The van der Waals surface area contributed by atoms with Gasteiger partial charge in [-0.1, -0.05) is 27.5 Å². The SMILES string of the molecule is Cc1cc(N2C(=O)NC(=O)/C(=C\c3cc(Cl)c(OCc4ccc([N+](=O)[O-])cc4)c(Br)c3)C2=O)ccc1Br. The molecule has 0 spiro atoms. The summed E-state index contributed by atoms with van der Waals surface area (Å²) in [6.45, 7) is 1.91. The summed E-state index contributed by atoms with van der Waals surface area (Å²) in [6.07, 6.45) is 1.33. The summed E-state index contributed by atoms with van der Waals surface area (Å²) in [4.78, 5) is 49.3. The second-order valence-corrected chi connectivity index (χ2v) is 10.0. The largest absolute Gasteiger partial charge is 0.486 e. The van der Waals surface area contributed by atoms with Crippen molar-refractivity contribution in [2.75, 3.05) is 4.90 Å². The minimum atomic E-state index is -0.844. The van der Waals surface area contributed by atoms with E-state index in [2.05, 4.69) is 37.2 Å². The Hall–Kier alpha value is -3.54. The highest BCUT2D eigenvalue weighted by Gasteiger charge is 2.37. The Kier molecular flexibility index (Phi) is 7.76. The molecular weight excluding hydrogens is 634 g/mol. The molecular formula is C25H16Br2ClN3O6. The highest BCUT2D eigenvalue weighted by Crippen LogP contribution is 2.36. The molecule has 1 fully saturated rings. The summed E-state index contributed by atoms with van der Waals surface area (Å²) < 4.78 is 7.04. The number of benzene rings is 3. The number of urea groups is 1. The van der Waals surface area contributed by atoms with Crippen LogP contribution in [-0.2, 0) is 16.2 Å². The van der Waals surface area contributed by atoms with E-state index in [1.165, 1.54) is 24.3 Å². The van der Waals surface area contributed by atoms with E-state index in [4.69, 9.17) is 16.3 Å². The number of rotatable bonds is 6. The molecule has 9 nitrogen and oxygen atoms in total. The van der Waals surface area contributed by atoms with Crippen molar-refractivity contribution in [3.05, 3.63) is 101 Å². The first kappa shape index (κ1) is 26.5. The Bertz CT molecular complexity index is 1470. The van der Waals surface area contributed by atoms with Gasteiger partial charge in [-0.2, -0.15) is 0 Å². The van der Waals surface area contributed by atoms with Crippen molar-refractivity contribution in [3.63, 3.8) is 0 Å². The summed E-state index contributed by atoms with van der Waals surface area (Å²) >= 11 is 13.2. The van der Waals surface area contributed by atoms with E-state index in [9.17, 15) is 24.5 Å². The predicted molar refractivity (Wildman–Crippen MR) is 144 cm³/mol. The summed E-state index contributed by atoms with van der Waals surface area (Å²) in [6, 6.07) is 13.1. The van der Waals surface area contributed by atoms with Crippen molar-refractivity contribution in [3.8, 4) is 5.75 Å². The molecule has 0 radical (unpaired) electrons. The summed E-state index contributed by atoms with van der Waals surface area (Å²) in [5.74, 6) is -1.30. The number of nitrogens with zero attached hydrogens (tertiary/aromatic N) is 2. The van der Waals surface area contributed by atoms with Crippen LogP contribution in [0.1, 0.15) is 16.7 Å². The fraction of sp³-hybridized carbons (Fsp3) is 0.0800. The Morgan fingerprint density at radius 2 is 1.76 bits per heavy atom. The topological polar surface area (TPSA) is 119 Å². The van der Waals surface area contributed by atoms with Crippen LogP contribution in [0.5, 0.6) is 5.75 Å². The van der Waals surface area contributed by atoms with Crippen LogP contribution in [0.25, 0.3) is 6.08 Å². The first-order valence-corrected chi connectivity index (χ1v) is 12.5. The van der Waals surface area contributed by atoms with E-state index in [-0.39, 0.29) is 22.9 Å². The highest BCUT2D eigenvalue weighted by molar-refractivity contribution is 9.10. The number of ether oxygens (including phenoxy) is 1. The monoisotopic (exact) mass is 647 g/mol. The molecule has 188 valence electrons. The number of hydrogen-bond acceptors (Lipinski definition) is 6. The van der Waals surface area contributed by atoms with Gasteiger partial charge >= 0.3 is 6.03 Å². The van der Waals surface area contributed by atoms with Crippen LogP contribution in [0, 0.1) is 17.0 Å². The first-order valence-electron chi connectivity index (χ1n) is 10.6. The van der Waals surface area contributed by atoms with Crippen molar-refractivity contribution >= 4 is 78.8 Å². The minimum Gasteiger partial charge on any atom is -0.486 e. The number of aryl methyl sites for hydroxylation is 1. The van der Waals surface area contributed by atoms with E-state index in [1.54, 1.807) is 36.4 Å². The van der Waals surface area contributed by atoms with E-state index >= 15 is 0 Å². The molecule has 3 aromatic carbocycles. The Morgan fingerprint density at radius 1 is 1.05 bits per heavy atom. The molecule has 12 heteroatoms. The molecule has 37 heavy (non-hydrogen) atoms. The zero-order valence-corrected chi connectivity index (χ0v) is 22.9. The number of amides is 4. The molecule has 0 aromatic heterocycles. The second kappa shape index (κ2) is 10.8. The molecule has 0 aliphatic carbocycles. The molecule has 0 saturated carbocycles. The molecule has 1 heterocycles. The van der Waals surface area contributed by atoms with Gasteiger partial charge in [-0.25, -0.2) is 9.69 Å². The van der Waals surface area contributed by atoms with Gasteiger partial charge in [-0.15, -0.1) is 0 Å². The van der Waals surface area contributed by atoms with Gasteiger partial charge in [0.15, 0.2) is 5.75 Å². The van der Waals surface area contributed by atoms with Gasteiger partial charge in [-0.05, 0) is 88.1 Å². The van der Waals surface area contributed by atoms with E-state index in [1.807, 2.05) is 6.92 Å². The van der Waals surface area contributed by atoms with Crippen LogP contribution in [0.2, 0.25) is 5.02 Å². The average Bonchev–Trinajstić information content (AvgIpc) is 2.83. The number of anilines is 1. The lowest BCUT2D eigenvalue weighted by atomic mass is 10.1. The third-order valence-electron chi connectivity index (χ3n) is 5.36. The number of nitrogens with one attached hydrogen (secondary N) is 1. The molecule has 1 N–H and O–H groups in total. The number of nitro groups is 1. The quantitative estimate of drug-likeness (QED) is 0.144.